The van der Waals surface area contributed by atoms with Crippen molar-refractivity contribution in [1.82, 2.24) is 19.9 Å². The molecule has 1 atom stereocenters. The van der Waals surface area contributed by atoms with Crippen molar-refractivity contribution < 1.29 is 13.9 Å². The number of ether oxygens (including phenoxy) is 1. The van der Waals surface area contributed by atoms with Gasteiger partial charge in [0, 0.05) is 32.2 Å². The third kappa shape index (κ3) is 3.62. The summed E-state index contributed by atoms with van der Waals surface area (Å²) in [6.45, 7) is 4.17. The SMILES string of the molecule is CCn1ccnc1[C@@H](NC(=O)c1ccc(F)cn1)C1CCOCC1. The largest absolute Gasteiger partial charge is 0.381 e. The molecule has 1 N–H and O–H groups in total. The summed E-state index contributed by atoms with van der Waals surface area (Å²) in [4.78, 5) is 20.9. The Labute approximate surface area is 140 Å². The third-order valence-electron chi connectivity index (χ3n) is 4.35. The van der Waals surface area contributed by atoms with E-state index < -0.39 is 5.82 Å². The maximum Gasteiger partial charge on any atom is 0.270 e. The molecule has 24 heavy (non-hydrogen) atoms. The number of amides is 1. The van der Waals surface area contributed by atoms with Crippen molar-refractivity contribution in [2.24, 2.45) is 5.92 Å². The lowest BCUT2D eigenvalue weighted by atomic mass is 9.91. The number of hydrogen-bond donors (Lipinski definition) is 1. The first-order chi connectivity index (χ1) is 11.7. The second-order valence-corrected chi connectivity index (χ2v) is 5.83. The van der Waals surface area contributed by atoms with Gasteiger partial charge < -0.3 is 14.6 Å². The molecular weight excluding hydrogens is 311 g/mol. The van der Waals surface area contributed by atoms with Crippen molar-refractivity contribution in [3.63, 3.8) is 0 Å². The lowest BCUT2D eigenvalue weighted by Crippen LogP contribution is -2.38. The smallest absolute Gasteiger partial charge is 0.270 e. The minimum absolute atomic E-state index is 0.197. The minimum Gasteiger partial charge on any atom is -0.381 e. The maximum atomic E-state index is 13.0. The Bertz CT molecular complexity index is 680. The highest BCUT2D eigenvalue weighted by molar-refractivity contribution is 5.92. The average molecular weight is 332 g/mol. The first kappa shape index (κ1) is 16.6. The van der Waals surface area contributed by atoms with Crippen LogP contribution in [0.1, 0.15) is 42.1 Å². The number of rotatable bonds is 5. The number of aryl methyl sites for hydroxylation is 1. The molecule has 1 amide bonds. The van der Waals surface area contributed by atoms with Gasteiger partial charge in [0.25, 0.3) is 5.91 Å². The molecular formula is C17H21FN4O2. The van der Waals surface area contributed by atoms with Gasteiger partial charge in [0.15, 0.2) is 0 Å². The molecule has 0 aliphatic carbocycles. The molecule has 128 valence electrons. The van der Waals surface area contributed by atoms with Crippen LogP contribution in [0.3, 0.4) is 0 Å². The van der Waals surface area contributed by atoms with Gasteiger partial charge in [0.2, 0.25) is 0 Å². The van der Waals surface area contributed by atoms with Gasteiger partial charge >= 0.3 is 0 Å². The first-order valence-corrected chi connectivity index (χ1v) is 8.20. The van der Waals surface area contributed by atoms with E-state index in [0.717, 1.165) is 31.4 Å². The summed E-state index contributed by atoms with van der Waals surface area (Å²) in [7, 11) is 0. The number of hydrogen-bond acceptors (Lipinski definition) is 4. The van der Waals surface area contributed by atoms with Crippen LogP contribution in [0.25, 0.3) is 0 Å². The number of aromatic nitrogens is 3. The molecule has 1 aliphatic heterocycles. The van der Waals surface area contributed by atoms with Gasteiger partial charge in [0.1, 0.15) is 17.3 Å². The molecule has 7 heteroatoms. The van der Waals surface area contributed by atoms with Gasteiger partial charge in [-0.05, 0) is 37.8 Å². The molecule has 0 unspecified atom stereocenters. The topological polar surface area (TPSA) is 69.0 Å². The maximum absolute atomic E-state index is 13.0. The molecule has 6 nitrogen and oxygen atoms in total. The van der Waals surface area contributed by atoms with Gasteiger partial charge in [-0.1, -0.05) is 0 Å². The average Bonchev–Trinajstić information content (AvgIpc) is 3.09. The third-order valence-corrected chi connectivity index (χ3v) is 4.35. The van der Waals surface area contributed by atoms with Crippen LogP contribution in [-0.2, 0) is 11.3 Å². The highest BCUT2D eigenvalue weighted by Gasteiger charge is 2.30. The second kappa shape index (κ2) is 7.53. The van der Waals surface area contributed by atoms with Gasteiger partial charge in [-0.25, -0.2) is 14.4 Å². The van der Waals surface area contributed by atoms with Crippen molar-refractivity contribution >= 4 is 5.91 Å². The standard InChI is InChI=1S/C17H21FN4O2/c1-2-22-8-7-19-16(22)15(12-5-9-24-10-6-12)21-17(23)14-4-3-13(18)11-20-14/h3-4,7-8,11-12,15H,2,5-6,9-10H2,1H3,(H,21,23)/t15-/m0/s1. The highest BCUT2D eigenvalue weighted by atomic mass is 19.1. The van der Waals surface area contributed by atoms with E-state index in [0.29, 0.717) is 13.2 Å². The Balaban J connectivity index is 1.84. The Morgan fingerprint density at radius 2 is 2.21 bits per heavy atom. The lowest BCUT2D eigenvalue weighted by Gasteiger charge is -2.30. The number of carbonyl (C=O) groups excluding carboxylic acids is 1. The second-order valence-electron chi connectivity index (χ2n) is 5.83. The van der Waals surface area contributed by atoms with Crippen molar-refractivity contribution in [1.29, 1.82) is 0 Å². The van der Waals surface area contributed by atoms with Crippen LogP contribution in [0.5, 0.6) is 0 Å². The first-order valence-electron chi connectivity index (χ1n) is 8.20. The molecule has 0 saturated carbocycles. The summed E-state index contributed by atoms with van der Waals surface area (Å²) < 4.78 is 20.5. The van der Waals surface area contributed by atoms with E-state index in [4.69, 9.17) is 4.74 Å². The number of nitrogens with one attached hydrogen (secondary N) is 1. The van der Waals surface area contributed by atoms with E-state index in [-0.39, 0.29) is 23.6 Å². The number of carbonyl (C=O) groups is 1. The number of nitrogens with zero attached hydrogens (tertiary/aromatic N) is 3. The normalized spacial score (nSPS) is 16.8. The van der Waals surface area contributed by atoms with E-state index in [2.05, 4.69) is 15.3 Å². The Morgan fingerprint density at radius 1 is 1.42 bits per heavy atom. The molecule has 1 saturated heterocycles. The monoisotopic (exact) mass is 332 g/mol. The van der Waals surface area contributed by atoms with Crippen molar-refractivity contribution in [2.75, 3.05) is 13.2 Å². The van der Waals surface area contributed by atoms with Crippen LogP contribution < -0.4 is 5.32 Å². The van der Waals surface area contributed by atoms with Crippen LogP contribution in [-0.4, -0.2) is 33.7 Å². The van der Waals surface area contributed by atoms with Crippen LogP contribution in [0.2, 0.25) is 0 Å². The molecule has 0 bridgehead atoms. The van der Waals surface area contributed by atoms with Crippen molar-refractivity contribution in [3.05, 3.63) is 48.1 Å². The molecule has 1 aliphatic rings. The van der Waals surface area contributed by atoms with E-state index in [9.17, 15) is 9.18 Å². The van der Waals surface area contributed by atoms with Crippen molar-refractivity contribution in [3.8, 4) is 0 Å². The number of halogens is 1. The predicted molar refractivity (Wildman–Crippen MR) is 85.8 cm³/mol. The van der Waals surface area contributed by atoms with E-state index in [1.54, 1.807) is 6.20 Å². The van der Waals surface area contributed by atoms with E-state index in [1.807, 2.05) is 17.7 Å². The van der Waals surface area contributed by atoms with Crippen molar-refractivity contribution in [2.45, 2.75) is 32.4 Å². The van der Waals surface area contributed by atoms with Crippen LogP contribution in [0.4, 0.5) is 4.39 Å². The molecule has 1 fully saturated rings. The predicted octanol–water partition coefficient (Wildman–Crippen LogP) is 2.33. The van der Waals surface area contributed by atoms with Crippen LogP contribution >= 0.6 is 0 Å². The fraction of sp³-hybridized carbons (Fsp3) is 0.471. The lowest BCUT2D eigenvalue weighted by molar-refractivity contribution is 0.0497. The summed E-state index contributed by atoms with van der Waals surface area (Å²) in [6.07, 6.45) is 6.42. The molecule has 0 spiro atoms. The van der Waals surface area contributed by atoms with Crippen LogP contribution in [0, 0.1) is 11.7 Å². The zero-order valence-corrected chi connectivity index (χ0v) is 13.6. The summed E-state index contributed by atoms with van der Waals surface area (Å²) in [5.74, 6) is 0.293. The summed E-state index contributed by atoms with van der Waals surface area (Å²) in [6, 6.07) is 2.40. The Hall–Kier alpha value is -2.28. The van der Waals surface area contributed by atoms with E-state index >= 15 is 0 Å². The molecule has 0 aromatic carbocycles. The number of imidazole rings is 1. The van der Waals surface area contributed by atoms with Gasteiger partial charge in [-0.3, -0.25) is 4.79 Å². The van der Waals surface area contributed by atoms with Gasteiger partial charge in [-0.15, -0.1) is 0 Å². The zero-order valence-electron chi connectivity index (χ0n) is 13.6. The van der Waals surface area contributed by atoms with Gasteiger partial charge in [-0.2, -0.15) is 0 Å². The quantitative estimate of drug-likeness (QED) is 0.912. The fourth-order valence-electron chi connectivity index (χ4n) is 3.03. The number of pyridine rings is 1. The Morgan fingerprint density at radius 3 is 2.88 bits per heavy atom. The molecule has 2 aromatic heterocycles. The molecule has 3 rings (SSSR count). The summed E-state index contributed by atoms with van der Waals surface area (Å²) >= 11 is 0. The van der Waals surface area contributed by atoms with Gasteiger partial charge in [0.05, 0.1) is 12.2 Å². The summed E-state index contributed by atoms with van der Waals surface area (Å²) in [5.41, 5.74) is 0.197. The highest BCUT2D eigenvalue weighted by Crippen LogP contribution is 2.29. The van der Waals surface area contributed by atoms with Crippen LogP contribution in [0.15, 0.2) is 30.7 Å². The molecule has 3 heterocycles. The fourth-order valence-corrected chi connectivity index (χ4v) is 3.03. The molecule has 2 aromatic rings. The minimum atomic E-state index is -0.464. The Kier molecular flexibility index (Phi) is 5.20. The van der Waals surface area contributed by atoms with E-state index in [1.165, 1.54) is 12.1 Å². The zero-order chi connectivity index (χ0) is 16.9. The summed E-state index contributed by atoms with van der Waals surface area (Å²) in [5, 5.41) is 3.04. The molecule has 0 radical (unpaired) electrons.